The molecule has 10 rings (SSSR count). The van der Waals surface area contributed by atoms with Gasteiger partial charge < -0.3 is 4.98 Å². The Labute approximate surface area is 358 Å². The van der Waals surface area contributed by atoms with Crippen molar-refractivity contribution in [3.05, 3.63) is 225 Å². The summed E-state index contributed by atoms with van der Waals surface area (Å²) in [6.45, 7) is 0. The Balaban J connectivity index is 0.00000449. The maximum atomic E-state index is 5.38. The van der Waals surface area contributed by atoms with Gasteiger partial charge in [-0.2, -0.15) is 0 Å². The largest absolute Gasteiger partial charge is 0.304 e. The average molecular weight is 931 g/mol. The van der Waals surface area contributed by atoms with Crippen LogP contribution in [0.1, 0.15) is 0 Å². The fraction of sp³-hybridized carbons (Fsp3) is 0. The monoisotopic (exact) mass is 931 g/mol. The second-order valence-corrected chi connectivity index (χ2v) is 14.4. The van der Waals surface area contributed by atoms with Gasteiger partial charge in [-0.1, -0.05) is 151 Å². The zero-order valence-electron chi connectivity index (χ0n) is 32.0. The smallest absolute Gasteiger partial charge is 0.142 e. The van der Waals surface area contributed by atoms with E-state index in [0.29, 0.717) is 5.82 Å². The summed E-state index contributed by atoms with van der Waals surface area (Å²) in [5.41, 5.74) is 15.4. The van der Waals surface area contributed by atoms with Crippen molar-refractivity contribution in [3.8, 4) is 89.7 Å². The van der Waals surface area contributed by atoms with Crippen molar-refractivity contribution in [2.24, 2.45) is 0 Å². The Morgan fingerprint density at radius 2 is 0.763 bits per heavy atom. The van der Waals surface area contributed by atoms with Gasteiger partial charge in [-0.25, -0.2) is 9.97 Å². The Hall–Kier alpha value is -7.10. The van der Waals surface area contributed by atoms with Gasteiger partial charge in [-0.3, -0.25) is 0 Å². The van der Waals surface area contributed by atoms with E-state index < -0.39 is 0 Å². The summed E-state index contributed by atoms with van der Waals surface area (Å²) >= 11 is 0. The fourth-order valence-electron chi connectivity index (χ4n) is 7.69. The van der Waals surface area contributed by atoms with Crippen LogP contribution >= 0.6 is 0 Å². The summed E-state index contributed by atoms with van der Waals surface area (Å²) in [5, 5.41) is 2.21. The number of pyridine rings is 1. The van der Waals surface area contributed by atoms with Crippen LogP contribution in [0.15, 0.2) is 219 Å². The van der Waals surface area contributed by atoms with Crippen molar-refractivity contribution in [2.45, 2.75) is 0 Å². The fourth-order valence-corrected chi connectivity index (χ4v) is 7.69. The predicted octanol–water partition coefficient (Wildman–Crippen LogP) is 14.2. The van der Waals surface area contributed by atoms with E-state index in [4.69, 9.17) is 15.0 Å². The van der Waals surface area contributed by atoms with E-state index in [9.17, 15) is 0 Å². The van der Waals surface area contributed by atoms with Gasteiger partial charge in [0, 0.05) is 37.4 Å². The van der Waals surface area contributed by atoms with Crippen LogP contribution < -0.4 is 0 Å². The van der Waals surface area contributed by atoms with Crippen LogP contribution in [0.2, 0.25) is 0 Å². The predicted molar refractivity (Wildman–Crippen MR) is 240 cm³/mol. The van der Waals surface area contributed by atoms with Crippen molar-refractivity contribution in [1.82, 2.24) is 15.0 Å². The van der Waals surface area contributed by atoms with E-state index in [1.54, 1.807) is 0 Å². The van der Waals surface area contributed by atoms with Gasteiger partial charge in [-0.15, -0.1) is 29.8 Å². The van der Waals surface area contributed by atoms with Gasteiger partial charge >= 0.3 is 0 Å². The number of fused-ring (bicyclic) bond motifs is 1. The molecule has 0 aliphatic heterocycles. The molecule has 3 nitrogen and oxygen atoms in total. The third-order valence-electron chi connectivity index (χ3n) is 10.6. The Morgan fingerprint density at radius 3 is 1.24 bits per heavy atom. The molecule has 0 aliphatic carbocycles. The molecule has 8 aromatic carbocycles. The zero-order chi connectivity index (χ0) is 38.7. The minimum Gasteiger partial charge on any atom is -0.304 e. The molecule has 2 heterocycles. The average Bonchev–Trinajstić information content (AvgIpc) is 3.32. The SMILES string of the molecule is [Ir].[c-]1ccc(-c2nc(-c3cc(-c4ccccc4)cc(-c4ccccc4)c3)cc(-c3cc(-c4ccccc4)cc(-c4ccccc4)c3)n2)cc1-c1nccc2ccccc12. The van der Waals surface area contributed by atoms with E-state index in [0.717, 1.165) is 94.6 Å². The number of aromatic nitrogens is 3. The summed E-state index contributed by atoms with van der Waals surface area (Å²) < 4.78 is 0. The first-order chi connectivity index (χ1) is 28.7. The minimum absolute atomic E-state index is 0. The molecular weight excluding hydrogens is 895 g/mol. The van der Waals surface area contributed by atoms with Crippen LogP contribution in [0.4, 0.5) is 0 Å². The van der Waals surface area contributed by atoms with Crippen molar-refractivity contribution in [3.63, 3.8) is 0 Å². The first-order valence-corrected chi connectivity index (χ1v) is 19.5. The van der Waals surface area contributed by atoms with E-state index in [2.05, 4.69) is 200 Å². The first kappa shape index (κ1) is 37.5. The Kier molecular flexibility index (Phi) is 10.7. The van der Waals surface area contributed by atoms with Crippen LogP contribution in [0, 0.1) is 6.07 Å². The zero-order valence-corrected chi connectivity index (χ0v) is 34.4. The molecule has 281 valence electrons. The molecule has 4 heteroatoms. The van der Waals surface area contributed by atoms with E-state index >= 15 is 0 Å². The quantitative estimate of drug-likeness (QED) is 0.143. The van der Waals surface area contributed by atoms with Crippen LogP contribution in [0.5, 0.6) is 0 Å². The van der Waals surface area contributed by atoms with Gasteiger partial charge in [0.05, 0.1) is 11.4 Å². The molecule has 10 aromatic rings. The molecule has 0 aliphatic rings. The van der Waals surface area contributed by atoms with Gasteiger partial charge in [0.1, 0.15) is 5.82 Å². The number of rotatable bonds is 8. The summed E-state index contributed by atoms with van der Waals surface area (Å²) in [6, 6.07) is 77.8. The molecule has 0 spiro atoms. The molecule has 0 saturated carbocycles. The molecule has 0 fully saturated rings. The molecule has 0 bridgehead atoms. The molecule has 2 aromatic heterocycles. The molecular formula is C55H36IrN3-. The molecule has 1 radical (unpaired) electrons. The molecule has 0 N–H and O–H groups in total. The third kappa shape index (κ3) is 7.93. The van der Waals surface area contributed by atoms with Gasteiger partial charge in [0.2, 0.25) is 0 Å². The Morgan fingerprint density at radius 1 is 0.339 bits per heavy atom. The number of hydrogen-bond acceptors (Lipinski definition) is 3. The molecule has 0 atom stereocenters. The van der Waals surface area contributed by atoms with Crippen LogP contribution in [-0.2, 0) is 20.1 Å². The number of benzene rings is 8. The van der Waals surface area contributed by atoms with Gasteiger partial charge in [0.15, 0.2) is 0 Å². The van der Waals surface area contributed by atoms with Crippen LogP contribution in [-0.4, -0.2) is 15.0 Å². The Bertz CT molecular complexity index is 2770. The molecule has 0 unspecified atom stereocenters. The normalized spacial score (nSPS) is 10.9. The van der Waals surface area contributed by atoms with E-state index in [1.165, 1.54) is 0 Å². The first-order valence-electron chi connectivity index (χ1n) is 19.5. The second-order valence-electron chi connectivity index (χ2n) is 14.4. The maximum absolute atomic E-state index is 5.38. The summed E-state index contributed by atoms with van der Waals surface area (Å²) in [5.74, 6) is 0.626. The number of nitrogens with zero attached hydrogens (tertiary/aromatic N) is 3. The summed E-state index contributed by atoms with van der Waals surface area (Å²) in [7, 11) is 0. The molecule has 59 heavy (non-hydrogen) atoms. The summed E-state index contributed by atoms with van der Waals surface area (Å²) in [6.07, 6.45) is 1.86. The molecule has 0 amide bonds. The van der Waals surface area contributed by atoms with Crippen molar-refractivity contribution >= 4 is 10.8 Å². The van der Waals surface area contributed by atoms with Crippen LogP contribution in [0.3, 0.4) is 0 Å². The van der Waals surface area contributed by atoms with Gasteiger partial charge in [-0.05, 0) is 110 Å². The topological polar surface area (TPSA) is 38.7 Å². The van der Waals surface area contributed by atoms with Crippen molar-refractivity contribution < 1.29 is 20.1 Å². The molecule has 0 saturated heterocycles. The number of hydrogen-bond donors (Lipinski definition) is 0. The van der Waals surface area contributed by atoms with E-state index in [1.807, 2.05) is 24.4 Å². The van der Waals surface area contributed by atoms with Gasteiger partial charge in [0.25, 0.3) is 0 Å². The second kappa shape index (κ2) is 16.8. The van der Waals surface area contributed by atoms with Crippen molar-refractivity contribution in [1.29, 1.82) is 0 Å². The van der Waals surface area contributed by atoms with E-state index in [-0.39, 0.29) is 20.1 Å². The minimum atomic E-state index is 0. The van der Waals surface area contributed by atoms with Crippen molar-refractivity contribution in [2.75, 3.05) is 0 Å². The summed E-state index contributed by atoms with van der Waals surface area (Å²) in [4.78, 5) is 15.6. The van der Waals surface area contributed by atoms with Crippen LogP contribution in [0.25, 0.3) is 100 Å². The standard InChI is InChI=1S/C55H36N3.Ir/c1-5-16-38(17-6-1)45-31-46(39-18-7-2-8-19-39)34-49(33-45)52-37-53(50-35-47(40-20-9-3-10-21-40)32-48(36-50)41-22-11-4-12-23-41)58-55(57-52)44-26-15-25-43(30-44)54-51-27-14-13-24-42(51)28-29-56-54;/h1-24,26-37H;/q-1;. The maximum Gasteiger partial charge on any atom is 0.142 e. The third-order valence-corrected chi connectivity index (χ3v) is 10.6.